The highest BCUT2D eigenvalue weighted by atomic mass is 19.2. The van der Waals surface area contributed by atoms with E-state index in [9.17, 15) is 18.7 Å². The Hall–Kier alpha value is -2.79. The van der Waals surface area contributed by atoms with Gasteiger partial charge in [0, 0.05) is 5.56 Å². The number of nitrogens with one attached hydrogen (secondary N) is 1. The lowest BCUT2D eigenvalue weighted by molar-refractivity contribution is 0.0915. The summed E-state index contributed by atoms with van der Waals surface area (Å²) in [6, 6.07) is 15.6. The van der Waals surface area contributed by atoms with Gasteiger partial charge in [-0.15, -0.1) is 0 Å². The zero-order valence-electron chi connectivity index (χ0n) is 12.7. The summed E-state index contributed by atoms with van der Waals surface area (Å²) in [5, 5.41) is 14.3. The molecule has 0 saturated carbocycles. The highest BCUT2D eigenvalue weighted by Crippen LogP contribution is 2.21. The van der Waals surface area contributed by atoms with E-state index in [1.54, 1.807) is 0 Å². The van der Waals surface area contributed by atoms with Crippen LogP contribution in [0.25, 0.3) is 10.8 Å². The van der Waals surface area contributed by atoms with Crippen LogP contribution in [-0.2, 0) is 0 Å². The molecule has 0 unspecified atom stereocenters. The maximum Gasteiger partial charge on any atom is 0.251 e. The molecule has 3 nitrogen and oxygen atoms in total. The molecule has 0 fully saturated rings. The highest BCUT2D eigenvalue weighted by molar-refractivity contribution is 5.94. The second-order valence-corrected chi connectivity index (χ2v) is 5.44. The summed E-state index contributed by atoms with van der Waals surface area (Å²) in [6.07, 6.45) is 0. The van der Waals surface area contributed by atoms with Gasteiger partial charge in [0.05, 0.1) is 12.6 Å². The Bertz CT molecular complexity index is 895. The summed E-state index contributed by atoms with van der Waals surface area (Å²) < 4.78 is 26.2. The number of carbonyl (C=O) groups is 1. The first-order valence-electron chi connectivity index (χ1n) is 7.44. The fraction of sp³-hybridized carbons (Fsp3) is 0.105. The fourth-order valence-corrected chi connectivity index (χ4v) is 2.54. The fourth-order valence-electron chi connectivity index (χ4n) is 2.54. The van der Waals surface area contributed by atoms with Gasteiger partial charge in [-0.3, -0.25) is 4.79 Å². The average Bonchev–Trinajstić information content (AvgIpc) is 2.61. The van der Waals surface area contributed by atoms with Crippen LogP contribution in [0.4, 0.5) is 8.78 Å². The molecule has 24 heavy (non-hydrogen) atoms. The molecule has 0 radical (unpaired) electrons. The van der Waals surface area contributed by atoms with Gasteiger partial charge in [-0.05, 0) is 40.6 Å². The van der Waals surface area contributed by atoms with Gasteiger partial charge in [-0.1, -0.05) is 36.4 Å². The molecule has 0 aliphatic carbocycles. The van der Waals surface area contributed by atoms with Crippen LogP contribution in [0.5, 0.6) is 0 Å². The third kappa shape index (κ3) is 3.26. The summed E-state index contributed by atoms with van der Waals surface area (Å²) in [7, 11) is 0. The normalized spacial score (nSPS) is 12.1. The minimum Gasteiger partial charge on any atom is -0.394 e. The number of halogens is 2. The Morgan fingerprint density at radius 2 is 1.71 bits per heavy atom. The van der Waals surface area contributed by atoms with Crippen molar-refractivity contribution in [3.05, 3.63) is 83.4 Å². The maximum atomic E-state index is 13.3. The number of fused-ring (bicyclic) bond motifs is 1. The highest BCUT2D eigenvalue weighted by Gasteiger charge is 2.16. The van der Waals surface area contributed by atoms with Crippen molar-refractivity contribution in [1.29, 1.82) is 0 Å². The number of aliphatic hydroxyl groups is 1. The number of rotatable bonds is 4. The molecule has 0 saturated heterocycles. The summed E-state index contributed by atoms with van der Waals surface area (Å²) in [6.45, 7) is -0.312. The lowest BCUT2D eigenvalue weighted by Gasteiger charge is -2.17. The molecule has 2 N–H and O–H groups in total. The molecular formula is C19H15F2NO2. The molecule has 1 amide bonds. The van der Waals surface area contributed by atoms with Crippen LogP contribution < -0.4 is 5.32 Å². The van der Waals surface area contributed by atoms with Crippen LogP contribution in [-0.4, -0.2) is 17.6 Å². The van der Waals surface area contributed by atoms with Crippen molar-refractivity contribution in [3.8, 4) is 0 Å². The number of benzene rings is 3. The first-order chi connectivity index (χ1) is 11.6. The molecule has 122 valence electrons. The van der Waals surface area contributed by atoms with Gasteiger partial charge in [-0.2, -0.15) is 0 Å². The lowest BCUT2D eigenvalue weighted by atomic mass is 10.0. The van der Waals surface area contributed by atoms with Crippen LogP contribution in [0.15, 0.2) is 60.7 Å². The van der Waals surface area contributed by atoms with Gasteiger partial charge in [-0.25, -0.2) is 8.78 Å². The first-order valence-corrected chi connectivity index (χ1v) is 7.44. The number of hydrogen-bond donors (Lipinski definition) is 2. The van der Waals surface area contributed by atoms with E-state index in [2.05, 4.69) is 5.32 Å². The second kappa shape index (κ2) is 6.76. The molecule has 0 aliphatic heterocycles. The third-order valence-electron chi connectivity index (χ3n) is 3.85. The summed E-state index contributed by atoms with van der Waals surface area (Å²) in [5.41, 5.74) is 0.722. The molecule has 5 heteroatoms. The van der Waals surface area contributed by atoms with Crippen molar-refractivity contribution in [2.75, 3.05) is 6.61 Å². The molecular weight excluding hydrogens is 312 g/mol. The number of aliphatic hydroxyl groups excluding tert-OH is 1. The monoisotopic (exact) mass is 327 g/mol. The quantitative estimate of drug-likeness (QED) is 0.769. The van der Waals surface area contributed by atoms with E-state index < -0.39 is 23.6 Å². The zero-order valence-corrected chi connectivity index (χ0v) is 12.7. The molecule has 0 spiro atoms. The zero-order chi connectivity index (χ0) is 17.1. The number of carbonyl (C=O) groups excluding carboxylic acids is 1. The number of hydrogen-bond acceptors (Lipinski definition) is 2. The summed E-state index contributed by atoms with van der Waals surface area (Å²) in [4.78, 5) is 12.2. The van der Waals surface area contributed by atoms with E-state index in [1.807, 2.05) is 42.5 Å². The van der Waals surface area contributed by atoms with Gasteiger partial charge < -0.3 is 10.4 Å². The van der Waals surface area contributed by atoms with Gasteiger partial charge in [0.2, 0.25) is 0 Å². The van der Waals surface area contributed by atoms with E-state index in [0.717, 1.165) is 28.5 Å². The van der Waals surface area contributed by atoms with Crippen molar-refractivity contribution in [2.24, 2.45) is 0 Å². The predicted molar refractivity (Wildman–Crippen MR) is 87.6 cm³/mol. The Labute approximate surface area is 137 Å². The minimum absolute atomic E-state index is 0.00635. The summed E-state index contributed by atoms with van der Waals surface area (Å²) in [5.74, 6) is -2.69. The topological polar surface area (TPSA) is 49.3 Å². The van der Waals surface area contributed by atoms with E-state index >= 15 is 0 Å². The van der Waals surface area contributed by atoms with Crippen molar-refractivity contribution in [1.82, 2.24) is 5.32 Å². The van der Waals surface area contributed by atoms with Crippen LogP contribution in [0.3, 0.4) is 0 Å². The molecule has 3 rings (SSSR count). The van der Waals surface area contributed by atoms with Gasteiger partial charge in [0.25, 0.3) is 5.91 Å². The van der Waals surface area contributed by atoms with E-state index in [0.29, 0.717) is 0 Å². The average molecular weight is 327 g/mol. The second-order valence-electron chi connectivity index (χ2n) is 5.44. The van der Waals surface area contributed by atoms with Crippen molar-refractivity contribution in [3.63, 3.8) is 0 Å². The molecule has 0 bridgehead atoms. The van der Waals surface area contributed by atoms with Crippen LogP contribution >= 0.6 is 0 Å². The molecule has 3 aromatic rings. The van der Waals surface area contributed by atoms with Crippen molar-refractivity contribution in [2.45, 2.75) is 6.04 Å². The maximum absolute atomic E-state index is 13.3. The Balaban J connectivity index is 1.84. The largest absolute Gasteiger partial charge is 0.394 e. The molecule has 3 aromatic carbocycles. The summed E-state index contributed by atoms with van der Waals surface area (Å²) >= 11 is 0. The van der Waals surface area contributed by atoms with E-state index in [1.165, 1.54) is 6.07 Å². The van der Waals surface area contributed by atoms with Crippen molar-refractivity contribution < 1.29 is 18.7 Å². The molecule has 0 aliphatic rings. The third-order valence-corrected chi connectivity index (χ3v) is 3.85. The lowest BCUT2D eigenvalue weighted by Crippen LogP contribution is -2.30. The Kier molecular flexibility index (Phi) is 4.53. The van der Waals surface area contributed by atoms with Crippen LogP contribution in [0, 0.1) is 11.6 Å². The Morgan fingerprint density at radius 1 is 0.958 bits per heavy atom. The molecule has 0 heterocycles. The predicted octanol–water partition coefficient (Wildman–Crippen LogP) is 3.58. The van der Waals surface area contributed by atoms with Gasteiger partial charge >= 0.3 is 0 Å². The minimum atomic E-state index is -1.09. The van der Waals surface area contributed by atoms with Gasteiger partial charge in [0.1, 0.15) is 0 Å². The first kappa shape index (κ1) is 16.1. The van der Waals surface area contributed by atoms with Crippen LogP contribution in [0.1, 0.15) is 22.0 Å². The van der Waals surface area contributed by atoms with E-state index in [4.69, 9.17) is 0 Å². The molecule has 1 atom stereocenters. The van der Waals surface area contributed by atoms with Gasteiger partial charge in [0.15, 0.2) is 11.6 Å². The van der Waals surface area contributed by atoms with Crippen LogP contribution in [0.2, 0.25) is 0 Å². The standard InChI is InChI=1S/C19H15F2NO2/c20-16-8-7-15(10-17(16)21)19(24)22-18(11-23)14-6-5-12-3-1-2-4-13(12)9-14/h1-10,18,23H,11H2,(H,22,24)/t18-/m0/s1. The van der Waals surface area contributed by atoms with Crippen molar-refractivity contribution >= 4 is 16.7 Å². The smallest absolute Gasteiger partial charge is 0.251 e. The molecule has 0 aromatic heterocycles. The number of amides is 1. The van der Waals surface area contributed by atoms with E-state index in [-0.39, 0.29) is 12.2 Å². The Morgan fingerprint density at radius 3 is 2.42 bits per heavy atom. The SMILES string of the molecule is O=C(N[C@@H](CO)c1ccc2ccccc2c1)c1ccc(F)c(F)c1.